The first-order chi connectivity index (χ1) is 11.2. The Morgan fingerprint density at radius 3 is 2.65 bits per heavy atom. The van der Waals surface area contributed by atoms with Gasteiger partial charge in [-0.1, -0.05) is 11.3 Å². The van der Waals surface area contributed by atoms with Crippen LogP contribution >= 0.6 is 11.3 Å². The molecule has 0 atom stereocenters. The van der Waals surface area contributed by atoms with Crippen LogP contribution in [0.2, 0.25) is 0 Å². The molecule has 0 aromatic carbocycles. The van der Waals surface area contributed by atoms with Gasteiger partial charge >= 0.3 is 0 Å². The maximum atomic E-state index is 12.6. The molecular weight excluding hydrogens is 318 g/mol. The van der Waals surface area contributed by atoms with Crippen molar-refractivity contribution in [3.05, 3.63) is 22.1 Å². The normalized spacial score (nSPS) is 18.8. The maximum absolute atomic E-state index is 12.6. The van der Waals surface area contributed by atoms with Crippen LogP contribution in [0.4, 0.5) is 5.13 Å². The van der Waals surface area contributed by atoms with E-state index in [1.54, 1.807) is 4.90 Å². The molecule has 0 saturated carbocycles. The summed E-state index contributed by atoms with van der Waals surface area (Å²) in [5, 5.41) is 5.17. The third kappa shape index (κ3) is 2.59. The molecule has 2 aromatic rings. The lowest BCUT2D eigenvalue weighted by molar-refractivity contribution is 0.0301. The molecule has 122 valence electrons. The Morgan fingerprint density at radius 1 is 1.17 bits per heavy atom. The highest BCUT2D eigenvalue weighted by Crippen LogP contribution is 2.24. The van der Waals surface area contributed by atoms with Gasteiger partial charge in [-0.05, 0) is 12.8 Å². The second-order valence-corrected chi connectivity index (χ2v) is 6.59. The van der Waals surface area contributed by atoms with Crippen molar-refractivity contribution in [2.24, 2.45) is 0 Å². The van der Waals surface area contributed by atoms with Gasteiger partial charge in [-0.15, -0.1) is 5.10 Å². The van der Waals surface area contributed by atoms with E-state index in [4.69, 9.17) is 4.74 Å². The molecule has 0 aliphatic carbocycles. The number of amides is 1. The molecule has 2 fully saturated rings. The Hall–Kier alpha value is -2.00. The molecule has 0 unspecified atom stereocenters. The van der Waals surface area contributed by atoms with Crippen molar-refractivity contribution in [3.8, 4) is 0 Å². The van der Waals surface area contributed by atoms with Gasteiger partial charge in [0.1, 0.15) is 5.56 Å². The lowest BCUT2D eigenvalue weighted by atomic mass is 10.2. The molecule has 9 heteroatoms. The van der Waals surface area contributed by atoms with Gasteiger partial charge < -0.3 is 14.5 Å². The van der Waals surface area contributed by atoms with E-state index in [1.807, 2.05) is 0 Å². The van der Waals surface area contributed by atoms with E-state index in [0.29, 0.717) is 31.3 Å². The van der Waals surface area contributed by atoms with Crippen LogP contribution in [0.5, 0.6) is 0 Å². The number of rotatable bonds is 2. The van der Waals surface area contributed by atoms with Gasteiger partial charge in [0.25, 0.3) is 11.5 Å². The third-order valence-corrected chi connectivity index (χ3v) is 5.16. The minimum Gasteiger partial charge on any atom is -0.378 e. The summed E-state index contributed by atoms with van der Waals surface area (Å²) >= 11 is 1.39. The minimum absolute atomic E-state index is 0.0719. The lowest BCUT2D eigenvalue weighted by Crippen LogP contribution is -2.43. The molecule has 2 saturated heterocycles. The zero-order chi connectivity index (χ0) is 15.8. The number of morpholine rings is 1. The van der Waals surface area contributed by atoms with Crippen molar-refractivity contribution in [1.82, 2.24) is 19.5 Å². The number of ether oxygens (including phenoxy) is 1. The first kappa shape index (κ1) is 14.6. The maximum Gasteiger partial charge on any atom is 0.288 e. The van der Waals surface area contributed by atoms with Crippen molar-refractivity contribution in [3.63, 3.8) is 0 Å². The van der Waals surface area contributed by atoms with Crippen LogP contribution in [0.15, 0.2) is 11.0 Å². The number of hydrogen-bond acceptors (Lipinski definition) is 7. The van der Waals surface area contributed by atoms with Crippen LogP contribution < -0.4 is 10.5 Å². The van der Waals surface area contributed by atoms with Crippen molar-refractivity contribution >= 4 is 27.3 Å². The number of carbonyl (C=O) groups is 1. The highest BCUT2D eigenvalue weighted by atomic mass is 32.1. The highest BCUT2D eigenvalue weighted by molar-refractivity contribution is 7.20. The van der Waals surface area contributed by atoms with E-state index in [9.17, 15) is 9.59 Å². The fourth-order valence-electron chi connectivity index (χ4n) is 2.90. The van der Waals surface area contributed by atoms with Crippen molar-refractivity contribution in [2.45, 2.75) is 12.8 Å². The van der Waals surface area contributed by atoms with Gasteiger partial charge in [-0.3, -0.25) is 9.59 Å². The van der Waals surface area contributed by atoms with E-state index < -0.39 is 5.56 Å². The van der Waals surface area contributed by atoms with Crippen molar-refractivity contribution in [1.29, 1.82) is 0 Å². The summed E-state index contributed by atoms with van der Waals surface area (Å²) in [4.78, 5) is 33.7. The number of anilines is 1. The number of carbonyl (C=O) groups excluding carboxylic acids is 1. The molecular formula is C14H17N5O3S. The molecule has 0 bridgehead atoms. The third-order valence-electron chi connectivity index (χ3n) is 4.18. The summed E-state index contributed by atoms with van der Waals surface area (Å²) < 4.78 is 6.49. The molecule has 4 rings (SSSR count). The quantitative estimate of drug-likeness (QED) is 0.781. The SMILES string of the molecule is O=C(c1cnc2sc(N3CCCC3)nn2c1=O)N1CCOCC1. The summed E-state index contributed by atoms with van der Waals surface area (Å²) in [7, 11) is 0. The smallest absolute Gasteiger partial charge is 0.288 e. The number of nitrogens with zero attached hydrogens (tertiary/aromatic N) is 5. The molecule has 2 aromatic heterocycles. The fraction of sp³-hybridized carbons (Fsp3) is 0.571. The first-order valence-electron chi connectivity index (χ1n) is 7.75. The minimum atomic E-state index is -0.395. The molecule has 0 spiro atoms. The average Bonchev–Trinajstić information content (AvgIpc) is 3.25. The Bertz CT molecular complexity index is 789. The topological polar surface area (TPSA) is 80.0 Å². The number of aromatic nitrogens is 3. The van der Waals surface area contributed by atoms with Gasteiger partial charge in [0.15, 0.2) is 0 Å². The van der Waals surface area contributed by atoms with E-state index in [2.05, 4.69) is 15.0 Å². The standard InChI is InChI=1S/C14H17N5O3S/c20-11(17-5-7-22-8-6-17)10-9-15-13-19(12(10)21)16-14(23-13)18-3-1-2-4-18/h9H,1-8H2. The molecule has 1 amide bonds. The Balaban J connectivity index is 1.69. The second-order valence-electron chi connectivity index (χ2n) is 5.65. The predicted molar refractivity (Wildman–Crippen MR) is 85.3 cm³/mol. The molecule has 0 N–H and O–H groups in total. The number of hydrogen-bond donors (Lipinski definition) is 0. The van der Waals surface area contributed by atoms with Crippen LogP contribution in [-0.4, -0.2) is 64.8 Å². The van der Waals surface area contributed by atoms with E-state index >= 15 is 0 Å². The highest BCUT2D eigenvalue weighted by Gasteiger charge is 2.24. The van der Waals surface area contributed by atoms with Crippen LogP contribution in [0.3, 0.4) is 0 Å². The molecule has 0 radical (unpaired) electrons. The second kappa shape index (κ2) is 5.89. The van der Waals surface area contributed by atoms with Gasteiger partial charge in [0.2, 0.25) is 10.1 Å². The fourth-order valence-corrected chi connectivity index (χ4v) is 3.81. The van der Waals surface area contributed by atoms with E-state index in [0.717, 1.165) is 31.1 Å². The Labute approximate surface area is 136 Å². The summed E-state index contributed by atoms with van der Waals surface area (Å²) in [5.74, 6) is -0.295. The van der Waals surface area contributed by atoms with Gasteiger partial charge in [-0.25, -0.2) is 4.98 Å². The van der Waals surface area contributed by atoms with Gasteiger partial charge in [-0.2, -0.15) is 4.52 Å². The zero-order valence-corrected chi connectivity index (χ0v) is 13.4. The molecule has 23 heavy (non-hydrogen) atoms. The van der Waals surface area contributed by atoms with E-state index in [1.165, 1.54) is 22.0 Å². The molecule has 2 aliphatic heterocycles. The monoisotopic (exact) mass is 335 g/mol. The predicted octanol–water partition coefficient (Wildman–Crippen LogP) is 0.224. The molecule has 8 nitrogen and oxygen atoms in total. The number of fused-ring (bicyclic) bond motifs is 1. The summed E-state index contributed by atoms with van der Waals surface area (Å²) in [6.45, 7) is 3.90. The molecule has 4 heterocycles. The lowest BCUT2D eigenvalue weighted by Gasteiger charge is -2.26. The van der Waals surface area contributed by atoms with E-state index in [-0.39, 0.29) is 11.5 Å². The van der Waals surface area contributed by atoms with Crippen LogP contribution in [0, 0.1) is 0 Å². The Kier molecular flexibility index (Phi) is 3.74. The first-order valence-corrected chi connectivity index (χ1v) is 8.56. The summed E-state index contributed by atoms with van der Waals surface area (Å²) in [6, 6.07) is 0. The largest absolute Gasteiger partial charge is 0.378 e. The Morgan fingerprint density at radius 2 is 1.91 bits per heavy atom. The summed E-state index contributed by atoms with van der Waals surface area (Å²) in [6.07, 6.45) is 3.65. The van der Waals surface area contributed by atoms with Crippen LogP contribution in [0.25, 0.3) is 4.96 Å². The van der Waals surface area contributed by atoms with Crippen LogP contribution in [-0.2, 0) is 4.74 Å². The zero-order valence-electron chi connectivity index (χ0n) is 12.6. The average molecular weight is 335 g/mol. The van der Waals surface area contributed by atoms with Crippen molar-refractivity contribution in [2.75, 3.05) is 44.3 Å². The van der Waals surface area contributed by atoms with Crippen LogP contribution in [0.1, 0.15) is 23.2 Å². The summed E-state index contributed by atoms with van der Waals surface area (Å²) in [5.41, 5.74) is -0.323. The van der Waals surface area contributed by atoms with Gasteiger partial charge in [0.05, 0.1) is 13.2 Å². The molecule has 2 aliphatic rings. The van der Waals surface area contributed by atoms with Gasteiger partial charge in [0, 0.05) is 32.4 Å². The van der Waals surface area contributed by atoms with Crippen molar-refractivity contribution < 1.29 is 9.53 Å².